The highest BCUT2D eigenvalue weighted by molar-refractivity contribution is 5.87. The van der Waals surface area contributed by atoms with Crippen molar-refractivity contribution in [2.24, 2.45) is 5.92 Å². The molecule has 0 saturated heterocycles. The Kier molecular flexibility index (Phi) is 9.23. The lowest BCUT2D eigenvalue weighted by atomic mass is 9.76. The molecule has 0 spiro atoms. The molecular formula is C19H36O2. The summed E-state index contributed by atoms with van der Waals surface area (Å²) in [6.45, 7) is 7.21. The molecule has 124 valence electrons. The van der Waals surface area contributed by atoms with E-state index in [0.717, 1.165) is 44.4 Å². The van der Waals surface area contributed by atoms with Gasteiger partial charge in [0, 0.05) is 13.0 Å². The highest BCUT2D eigenvalue weighted by Crippen LogP contribution is 2.36. The zero-order valence-corrected chi connectivity index (χ0v) is 14.6. The highest BCUT2D eigenvalue weighted by Gasteiger charge is 2.40. The second-order valence-corrected chi connectivity index (χ2v) is 6.90. The van der Waals surface area contributed by atoms with Crippen LogP contribution in [0.5, 0.6) is 0 Å². The molecule has 1 aliphatic rings. The normalized spacial score (nSPS) is 26.0. The smallest absolute Gasteiger partial charge is 0.164 e. The third-order valence-electron chi connectivity index (χ3n) is 5.02. The van der Waals surface area contributed by atoms with Crippen molar-refractivity contribution in [2.45, 2.75) is 103 Å². The first-order valence-corrected chi connectivity index (χ1v) is 9.32. The van der Waals surface area contributed by atoms with Crippen molar-refractivity contribution in [3.05, 3.63) is 0 Å². The van der Waals surface area contributed by atoms with Crippen molar-refractivity contribution < 1.29 is 9.53 Å². The summed E-state index contributed by atoms with van der Waals surface area (Å²) in [7, 11) is 0. The molecule has 1 rings (SSSR count). The van der Waals surface area contributed by atoms with Gasteiger partial charge in [-0.05, 0) is 44.9 Å². The van der Waals surface area contributed by atoms with E-state index in [1.807, 2.05) is 6.92 Å². The molecule has 1 saturated carbocycles. The minimum absolute atomic E-state index is 0.379. The van der Waals surface area contributed by atoms with Crippen molar-refractivity contribution in [1.29, 1.82) is 0 Å². The summed E-state index contributed by atoms with van der Waals surface area (Å²) >= 11 is 0. The van der Waals surface area contributed by atoms with Gasteiger partial charge >= 0.3 is 0 Å². The van der Waals surface area contributed by atoms with Gasteiger partial charge in [0.15, 0.2) is 5.78 Å². The van der Waals surface area contributed by atoms with Crippen molar-refractivity contribution in [1.82, 2.24) is 0 Å². The zero-order valence-electron chi connectivity index (χ0n) is 14.6. The van der Waals surface area contributed by atoms with E-state index in [-0.39, 0.29) is 0 Å². The topological polar surface area (TPSA) is 26.3 Å². The van der Waals surface area contributed by atoms with Crippen molar-refractivity contribution in [3.8, 4) is 0 Å². The summed E-state index contributed by atoms with van der Waals surface area (Å²) in [6, 6.07) is 0. The van der Waals surface area contributed by atoms with Crippen LogP contribution in [0.25, 0.3) is 0 Å². The number of hydrogen-bond donors (Lipinski definition) is 0. The fourth-order valence-corrected chi connectivity index (χ4v) is 3.48. The predicted octanol–water partition coefficient (Wildman–Crippen LogP) is 5.68. The van der Waals surface area contributed by atoms with Crippen LogP contribution in [0, 0.1) is 5.92 Å². The molecule has 0 aromatic carbocycles. The first kappa shape index (κ1) is 18.7. The molecule has 2 nitrogen and oxygen atoms in total. The van der Waals surface area contributed by atoms with Crippen LogP contribution < -0.4 is 0 Å². The first-order valence-electron chi connectivity index (χ1n) is 9.32. The highest BCUT2D eigenvalue weighted by atomic mass is 16.5. The molecule has 0 amide bonds. The van der Waals surface area contributed by atoms with Crippen LogP contribution in [0.1, 0.15) is 97.8 Å². The van der Waals surface area contributed by atoms with Crippen LogP contribution in [0.3, 0.4) is 0 Å². The van der Waals surface area contributed by atoms with Gasteiger partial charge in [-0.2, -0.15) is 0 Å². The van der Waals surface area contributed by atoms with Gasteiger partial charge in [-0.1, -0.05) is 52.4 Å². The van der Waals surface area contributed by atoms with E-state index in [0.29, 0.717) is 12.4 Å². The Balaban J connectivity index is 2.27. The van der Waals surface area contributed by atoms with Crippen LogP contribution >= 0.6 is 0 Å². The maximum atomic E-state index is 12.6. The molecule has 21 heavy (non-hydrogen) atoms. The minimum atomic E-state index is -0.427. The number of rotatable bonds is 11. The fraction of sp³-hybridized carbons (Fsp3) is 0.947. The van der Waals surface area contributed by atoms with E-state index in [9.17, 15) is 4.79 Å². The predicted molar refractivity (Wildman–Crippen MR) is 89.6 cm³/mol. The Morgan fingerprint density at radius 1 is 1.00 bits per heavy atom. The van der Waals surface area contributed by atoms with Gasteiger partial charge in [-0.3, -0.25) is 4.79 Å². The van der Waals surface area contributed by atoms with Crippen molar-refractivity contribution >= 4 is 5.78 Å². The number of hydrogen-bond acceptors (Lipinski definition) is 2. The van der Waals surface area contributed by atoms with Crippen LogP contribution in [-0.2, 0) is 9.53 Å². The Bertz CT molecular complexity index is 277. The number of ketones is 1. The molecule has 2 heteroatoms. The van der Waals surface area contributed by atoms with Gasteiger partial charge < -0.3 is 4.74 Å². The van der Waals surface area contributed by atoms with Crippen molar-refractivity contribution in [2.75, 3.05) is 6.61 Å². The lowest BCUT2D eigenvalue weighted by molar-refractivity contribution is -0.150. The van der Waals surface area contributed by atoms with Gasteiger partial charge in [-0.15, -0.1) is 0 Å². The Morgan fingerprint density at radius 3 is 2.14 bits per heavy atom. The number of unbranched alkanes of at least 4 members (excludes halogenated alkanes) is 6. The quantitative estimate of drug-likeness (QED) is 0.458. The van der Waals surface area contributed by atoms with E-state index >= 15 is 0 Å². The Labute approximate surface area is 132 Å². The molecule has 0 atom stereocenters. The summed E-state index contributed by atoms with van der Waals surface area (Å²) in [5.74, 6) is 1.13. The zero-order chi connectivity index (χ0) is 15.6. The standard InChI is InChI=1S/C19H36O2/c1-4-6-7-8-9-10-11-12-18(20)19(21-5-2)15-13-17(3)14-16-19/h17H,4-16H2,1-3H3. The average Bonchev–Trinajstić information content (AvgIpc) is 2.49. The van der Waals surface area contributed by atoms with Gasteiger partial charge in [0.2, 0.25) is 0 Å². The number of carbonyl (C=O) groups is 1. The Morgan fingerprint density at radius 2 is 1.57 bits per heavy atom. The van der Waals surface area contributed by atoms with Crippen molar-refractivity contribution in [3.63, 3.8) is 0 Å². The molecule has 1 fully saturated rings. The summed E-state index contributed by atoms with van der Waals surface area (Å²) < 4.78 is 5.94. The molecule has 0 heterocycles. The second kappa shape index (κ2) is 10.4. The molecule has 0 aromatic heterocycles. The van der Waals surface area contributed by atoms with E-state index in [4.69, 9.17) is 4.74 Å². The Hall–Kier alpha value is -0.370. The molecule has 0 N–H and O–H groups in total. The maximum Gasteiger partial charge on any atom is 0.164 e. The van der Waals surface area contributed by atoms with E-state index < -0.39 is 5.60 Å². The summed E-state index contributed by atoms with van der Waals surface area (Å²) in [5, 5.41) is 0. The number of ether oxygens (including phenoxy) is 1. The maximum absolute atomic E-state index is 12.6. The van der Waals surface area contributed by atoms with Gasteiger partial charge in [-0.25, -0.2) is 0 Å². The lowest BCUT2D eigenvalue weighted by Crippen LogP contribution is -2.44. The van der Waals surface area contributed by atoms with Crippen LogP contribution in [-0.4, -0.2) is 18.0 Å². The molecular weight excluding hydrogens is 260 g/mol. The summed E-state index contributed by atoms with van der Waals surface area (Å²) in [4.78, 5) is 12.6. The summed E-state index contributed by atoms with van der Waals surface area (Å²) in [5.41, 5.74) is -0.427. The van der Waals surface area contributed by atoms with Crippen LogP contribution in [0.2, 0.25) is 0 Å². The van der Waals surface area contributed by atoms with Gasteiger partial charge in [0.25, 0.3) is 0 Å². The van der Waals surface area contributed by atoms with Crippen LogP contribution in [0.4, 0.5) is 0 Å². The fourth-order valence-electron chi connectivity index (χ4n) is 3.48. The molecule has 1 aliphatic carbocycles. The third kappa shape index (κ3) is 6.50. The number of Topliss-reactive ketones (excluding diaryl/α,β-unsaturated/α-hetero) is 1. The van der Waals surface area contributed by atoms with Crippen LogP contribution in [0.15, 0.2) is 0 Å². The lowest BCUT2D eigenvalue weighted by Gasteiger charge is -2.38. The van der Waals surface area contributed by atoms with Gasteiger partial charge in [0.1, 0.15) is 5.60 Å². The average molecular weight is 296 g/mol. The monoisotopic (exact) mass is 296 g/mol. The van der Waals surface area contributed by atoms with E-state index in [1.165, 1.54) is 38.5 Å². The number of carbonyl (C=O) groups excluding carboxylic acids is 1. The molecule has 0 radical (unpaired) electrons. The minimum Gasteiger partial charge on any atom is -0.368 e. The molecule has 0 aromatic rings. The summed E-state index contributed by atoms with van der Waals surface area (Å²) in [6.07, 6.45) is 13.8. The second-order valence-electron chi connectivity index (χ2n) is 6.90. The molecule has 0 aliphatic heterocycles. The van der Waals surface area contributed by atoms with Gasteiger partial charge in [0.05, 0.1) is 0 Å². The first-order chi connectivity index (χ1) is 10.1. The third-order valence-corrected chi connectivity index (χ3v) is 5.02. The molecule has 0 unspecified atom stereocenters. The largest absolute Gasteiger partial charge is 0.368 e. The van der Waals surface area contributed by atoms with E-state index in [1.54, 1.807) is 0 Å². The van der Waals surface area contributed by atoms with E-state index in [2.05, 4.69) is 13.8 Å². The SMILES string of the molecule is CCCCCCCCCC(=O)C1(OCC)CCC(C)CC1. The molecule has 0 bridgehead atoms.